The zero-order valence-electron chi connectivity index (χ0n) is 10.6. The van der Waals surface area contributed by atoms with E-state index in [1.165, 1.54) is 0 Å². The standard InChI is InChI=1S/C14H17BrCl2O/c1-3-14(4-2)12(15)8-13(14)18-11-6-5-9(16)7-10(11)17/h5-7,12-13H,3-4,8H2,1-2H3. The molecule has 1 nitrogen and oxygen atoms in total. The molecule has 1 aromatic rings. The lowest BCUT2D eigenvalue weighted by Gasteiger charge is -2.52. The number of alkyl halides is 1. The molecule has 4 heteroatoms. The van der Waals surface area contributed by atoms with Gasteiger partial charge in [0.2, 0.25) is 0 Å². The molecular weight excluding hydrogens is 335 g/mol. The van der Waals surface area contributed by atoms with Crippen molar-refractivity contribution in [3.8, 4) is 5.75 Å². The Balaban J connectivity index is 2.15. The Kier molecular flexibility index (Phi) is 4.51. The normalized spacial score (nSPS) is 25.6. The smallest absolute Gasteiger partial charge is 0.138 e. The first-order chi connectivity index (χ1) is 8.53. The summed E-state index contributed by atoms with van der Waals surface area (Å²) in [6, 6.07) is 5.39. The Hall–Kier alpha value is 0.0800. The number of hydrogen-bond donors (Lipinski definition) is 0. The molecule has 1 aromatic carbocycles. The highest BCUT2D eigenvalue weighted by atomic mass is 79.9. The third-order valence-electron chi connectivity index (χ3n) is 4.17. The van der Waals surface area contributed by atoms with Crippen molar-refractivity contribution in [1.82, 2.24) is 0 Å². The average molecular weight is 352 g/mol. The van der Waals surface area contributed by atoms with Crippen LogP contribution in [0.5, 0.6) is 5.75 Å². The maximum atomic E-state index is 6.15. The van der Waals surface area contributed by atoms with E-state index in [0.29, 0.717) is 14.9 Å². The third-order valence-corrected chi connectivity index (χ3v) is 5.98. The molecule has 0 aromatic heterocycles. The lowest BCUT2D eigenvalue weighted by Crippen LogP contribution is -2.56. The number of benzene rings is 1. The number of hydrogen-bond acceptors (Lipinski definition) is 1. The molecule has 2 rings (SSSR count). The van der Waals surface area contributed by atoms with E-state index in [1.807, 2.05) is 12.1 Å². The van der Waals surface area contributed by atoms with Crippen LogP contribution in [-0.4, -0.2) is 10.9 Å². The van der Waals surface area contributed by atoms with E-state index in [0.717, 1.165) is 25.0 Å². The monoisotopic (exact) mass is 350 g/mol. The van der Waals surface area contributed by atoms with Crippen LogP contribution in [0.25, 0.3) is 0 Å². The molecule has 2 unspecified atom stereocenters. The van der Waals surface area contributed by atoms with Gasteiger partial charge in [-0.25, -0.2) is 0 Å². The molecular formula is C14H17BrCl2O. The van der Waals surface area contributed by atoms with Crippen molar-refractivity contribution in [1.29, 1.82) is 0 Å². The lowest BCUT2D eigenvalue weighted by atomic mass is 9.62. The van der Waals surface area contributed by atoms with Crippen molar-refractivity contribution in [3.05, 3.63) is 28.2 Å². The summed E-state index contributed by atoms with van der Waals surface area (Å²) in [6.07, 6.45) is 3.47. The molecule has 0 amide bonds. The van der Waals surface area contributed by atoms with Crippen LogP contribution in [0.2, 0.25) is 10.0 Å². The van der Waals surface area contributed by atoms with E-state index >= 15 is 0 Å². The maximum Gasteiger partial charge on any atom is 0.138 e. The van der Waals surface area contributed by atoms with Gasteiger partial charge in [0.05, 0.1) is 5.02 Å². The van der Waals surface area contributed by atoms with Gasteiger partial charge in [-0.3, -0.25) is 0 Å². The molecule has 0 heterocycles. The van der Waals surface area contributed by atoms with Gasteiger partial charge >= 0.3 is 0 Å². The van der Waals surface area contributed by atoms with Crippen LogP contribution >= 0.6 is 39.1 Å². The molecule has 2 atom stereocenters. The zero-order chi connectivity index (χ0) is 13.3. The molecule has 1 fully saturated rings. The SMILES string of the molecule is CCC1(CC)C(Br)CC1Oc1ccc(Cl)cc1Cl. The topological polar surface area (TPSA) is 9.23 Å². The Morgan fingerprint density at radius 3 is 2.50 bits per heavy atom. The highest BCUT2D eigenvalue weighted by Crippen LogP contribution is 2.53. The summed E-state index contributed by atoms with van der Waals surface area (Å²) in [5.74, 6) is 0.733. The highest BCUT2D eigenvalue weighted by Gasteiger charge is 2.53. The summed E-state index contributed by atoms with van der Waals surface area (Å²) in [7, 11) is 0. The molecule has 1 saturated carbocycles. The van der Waals surface area contributed by atoms with Gasteiger partial charge in [0, 0.05) is 15.3 Å². The fourth-order valence-electron chi connectivity index (χ4n) is 2.74. The predicted molar refractivity (Wildman–Crippen MR) is 81.2 cm³/mol. The summed E-state index contributed by atoms with van der Waals surface area (Å²) >= 11 is 15.8. The minimum absolute atomic E-state index is 0.225. The van der Waals surface area contributed by atoms with Gasteiger partial charge in [0.15, 0.2) is 0 Å². The lowest BCUT2D eigenvalue weighted by molar-refractivity contribution is -0.0410. The Morgan fingerprint density at radius 1 is 1.33 bits per heavy atom. The molecule has 100 valence electrons. The summed E-state index contributed by atoms with van der Waals surface area (Å²) in [4.78, 5) is 0.538. The minimum Gasteiger partial charge on any atom is -0.488 e. The zero-order valence-corrected chi connectivity index (χ0v) is 13.6. The molecule has 1 aliphatic rings. The summed E-state index contributed by atoms with van der Waals surface area (Å²) in [6.45, 7) is 4.44. The second kappa shape index (κ2) is 5.60. The Morgan fingerprint density at radius 2 is 2.00 bits per heavy atom. The summed E-state index contributed by atoms with van der Waals surface area (Å²) < 4.78 is 6.08. The van der Waals surface area contributed by atoms with E-state index in [-0.39, 0.29) is 11.5 Å². The van der Waals surface area contributed by atoms with Crippen molar-refractivity contribution >= 4 is 39.1 Å². The first kappa shape index (κ1) is 14.5. The maximum absolute atomic E-state index is 6.15. The van der Waals surface area contributed by atoms with E-state index in [4.69, 9.17) is 27.9 Å². The van der Waals surface area contributed by atoms with Crippen LogP contribution in [0.4, 0.5) is 0 Å². The molecule has 0 saturated heterocycles. The van der Waals surface area contributed by atoms with Crippen LogP contribution < -0.4 is 4.74 Å². The molecule has 0 radical (unpaired) electrons. The first-order valence-corrected chi connectivity index (χ1v) is 7.96. The van der Waals surface area contributed by atoms with Crippen molar-refractivity contribution < 1.29 is 4.74 Å². The van der Waals surface area contributed by atoms with Gasteiger partial charge in [-0.05, 0) is 37.5 Å². The largest absolute Gasteiger partial charge is 0.488 e. The van der Waals surface area contributed by atoms with Gasteiger partial charge in [-0.15, -0.1) is 0 Å². The van der Waals surface area contributed by atoms with Crippen LogP contribution in [0, 0.1) is 5.41 Å². The predicted octanol–water partition coefficient (Wildman–Crippen LogP) is 5.71. The summed E-state index contributed by atoms with van der Waals surface area (Å²) in [5.41, 5.74) is 0.225. The Bertz CT molecular complexity index is 432. The van der Waals surface area contributed by atoms with Crippen LogP contribution in [0.3, 0.4) is 0 Å². The number of rotatable bonds is 4. The number of halogens is 3. The van der Waals surface area contributed by atoms with Gasteiger partial charge in [-0.2, -0.15) is 0 Å². The van der Waals surface area contributed by atoms with Gasteiger partial charge in [0.1, 0.15) is 11.9 Å². The average Bonchev–Trinajstić information content (AvgIpc) is 2.33. The van der Waals surface area contributed by atoms with E-state index < -0.39 is 0 Å². The molecule has 0 N–H and O–H groups in total. The quantitative estimate of drug-likeness (QED) is 0.631. The number of ether oxygens (including phenoxy) is 1. The van der Waals surface area contributed by atoms with Gasteiger partial charge in [-0.1, -0.05) is 53.0 Å². The fraction of sp³-hybridized carbons (Fsp3) is 0.571. The Labute approximate surface area is 127 Å². The van der Waals surface area contributed by atoms with E-state index in [1.54, 1.807) is 6.07 Å². The molecule has 0 spiro atoms. The molecule has 1 aliphatic carbocycles. The second-order valence-corrected chi connectivity index (χ2v) is 6.77. The molecule has 0 aliphatic heterocycles. The van der Waals surface area contributed by atoms with Crippen LogP contribution in [0.1, 0.15) is 33.1 Å². The third kappa shape index (κ3) is 2.39. The van der Waals surface area contributed by atoms with Crippen LogP contribution in [0.15, 0.2) is 18.2 Å². The fourth-order valence-corrected chi connectivity index (χ4v) is 4.47. The van der Waals surface area contributed by atoms with E-state index in [9.17, 15) is 0 Å². The van der Waals surface area contributed by atoms with Gasteiger partial charge < -0.3 is 4.74 Å². The molecule has 0 bridgehead atoms. The van der Waals surface area contributed by atoms with Crippen molar-refractivity contribution in [2.75, 3.05) is 0 Å². The highest BCUT2D eigenvalue weighted by molar-refractivity contribution is 9.09. The van der Waals surface area contributed by atoms with Crippen molar-refractivity contribution in [2.24, 2.45) is 5.41 Å². The van der Waals surface area contributed by atoms with Crippen LogP contribution in [-0.2, 0) is 0 Å². The minimum atomic E-state index is 0.225. The van der Waals surface area contributed by atoms with E-state index in [2.05, 4.69) is 29.8 Å². The molecule has 18 heavy (non-hydrogen) atoms. The van der Waals surface area contributed by atoms with Crippen molar-refractivity contribution in [3.63, 3.8) is 0 Å². The van der Waals surface area contributed by atoms with Crippen molar-refractivity contribution in [2.45, 2.75) is 44.0 Å². The second-order valence-electron chi connectivity index (χ2n) is 4.82. The first-order valence-electron chi connectivity index (χ1n) is 6.29. The van der Waals surface area contributed by atoms with Gasteiger partial charge in [0.25, 0.3) is 0 Å². The summed E-state index contributed by atoms with van der Waals surface area (Å²) in [5, 5.41) is 1.22.